The predicted octanol–water partition coefficient (Wildman–Crippen LogP) is 2.33. The number of hydrogen-bond donors (Lipinski definition) is 0. The third kappa shape index (κ3) is 1.40. The average Bonchev–Trinajstić information content (AvgIpc) is 2.10. The first-order valence-electron chi connectivity index (χ1n) is 2.42. The van der Waals surface area contributed by atoms with Gasteiger partial charge >= 0.3 is 0 Å². The van der Waals surface area contributed by atoms with E-state index in [1.807, 2.05) is 0 Å². The van der Waals surface area contributed by atoms with Crippen LogP contribution in [0, 0.1) is 12.2 Å². The van der Waals surface area contributed by atoms with E-state index in [4.69, 9.17) is 11.6 Å². The van der Waals surface area contributed by atoms with Gasteiger partial charge in [-0.25, -0.2) is 4.98 Å². The summed E-state index contributed by atoms with van der Waals surface area (Å²) in [7, 11) is 0. The Morgan fingerprint density at radius 2 is 2.44 bits per heavy atom. The molecule has 0 aliphatic carbocycles. The number of halogens is 2. The van der Waals surface area contributed by atoms with E-state index in [0.29, 0.717) is 11.6 Å². The minimum atomic E-state index is -0.400. The fourth-order valence-corrected chi connectivity index (χ4v) is 1.51. The molecule has 0 aliphatic heterocycles. The number of aromatic nitrogens is 1. The van der Waals surface area contributed by atoms with Gasteiger partial charge in [0.15, 0.2) is 0 Å². The number of alkyl halides is 1. The summed E-state index contributed by atoms with van der Waals surface area (Å²) < 4.78 is 12.2. The van der Waals surface area contributed by atoms with Gasteiger partial charge in [-0.3, -0.25) is 0 Å². The number of hydrogen-bond acceptors (Lipinski definition) is 2. The molecule has 1 aromatic rings. The van der Waals surface area contributed by atoms with E-state index in [0.717, 1.165) is 16.2 Å². The van der Waals surface area contributed by atoms with Crippen molar-refractivity contribution in [2.24, 2.45) is 0 Å². The maximum atomic E-state index is 12.2. The molecule has 1 rings (SSSR count). The lowest BCUT2D eigenvalue weighted by atomic mass is 10.4. The van der Waals surface area contributed by atoms with Crippen molar-refractivity contribution in [3.63, 3.8) is 0 Å². The van der Waals surface area contributed by atoms with Crippen molar-refractivity contribution >= 4 is 22.9 Å². The molecule has 0 radical (unpaired) electrons. The molecular formula is C5H5ClFNS. The quantitative estimate of drug-likeness (QED) is 0.582. The van der Waals surface area contributed by atoms with Gasteiger partial charge in [-0.05, 0) is 6.92 Å². The molecule has 0 amide bonds. The van der Waals surface area contributed by atoms with Gasteiger partial charge in [-0.1, -0.05) is 11.3 Å². The Balaban J connectivity index is 3.01. The zero-order valence-corrected chi connectivity index (χ0v) is 6.39. The lowest BCUT2D eigenvalue weighted by molar-refractivity contribution is 0.614. The lowest BCUT2D eigenvalue weighted by Crippen LogP contribution is -1.75. The van der Waals surface area contributed by atoms with E-state index in [1.54, 1.807) is 6.92 Å². The van der Waals surface area contributed by atoms with E-state index in [9.17, 15) is 4.39 Å². The fourth-order valence-electron chi connectivity index (χ4n) is 0.517. The molecule has 0 atom stereocenters. The SMILES string of the molecule is Cc1nc(F)sc1CCl. The van der Waals surface area contributed by atoms with Crippen LogP contribution in [-0.2, 0) is 5.88 Å². The molecule has 0 N–H and O–H groups in total. The van der Waals surface area contributed by atoms with Gasteiger partial charge < -0.3 is 0 Å². The Bertz CT molecular complexity index is 211. The van der Waals surface area contributed by atoms with Crippen molar-refractivity contribution in [1.82, 2.24) is 4.98 Å². The van der Waals surface area contributed by atoms with Crippen LogP contribution in [0.3, 0.4) is 0 Å². The predicted molar refractivity (Wildman–Crippen MR) is 36.4 cm³/mol. The molecule has 0 spiro atoms. The maximum absolute atomic E-state index is 12.2. The third-order valence-corrected chi connectivity index (χ3v) is 2.36. The van der Waals surface area contributed by atoms with Gasteiger partial charge in [0.2, 0.25) is 0 Å². The van der Waals surface area contributed by atoms with E-state index >= 15 is 0 Å². The summed E-state index contributed by atoms with van der Waals surface area (Å²) in [6, 6.07) is 0. The molecule has 0 aliphatic rings. The summed E-state index contributed by atoms with van der Waals surface area (Å²) in [5.74, 6) is 0.355. The van der Waals surface area contributed by atoms with Crippen LogP contribution in [0.25, 0.3) is 0 Å². The highest BCUT2D eigenvalue weighted by atomic mass is 35.5. The Morgan fingerprint density at radius 3 is 2.67 bits per heavy atom. The summed E-state index contributed by atoms with van der Waals surface area (Å²) in [5.41, 5.74) is 0.701. The zero-order chi connectivity index (χ0) is 6.85. The van der Waals surface area contributed by atoms with Crippen molar-refractivity contribution in [3.8, 4) is 0 Å². The summed E-state index contributed by atoms with van der Waals surface area (Å²) >= 11 is 6.45. The van der Waals surface area contributed by atoms with Crippen LogP contribution >= 0.6 is 22.9 Å². The first kappa shape index (κ1) is 6.96. The monoisotopic (exact) mass is 165 g/mol. The zero-order valence-electron chi connectivity index (χ0n) is 4.82. The van der Waals surface area contributed by atoms with Gasteiger partial charge in [0.25, 0.3) is 5.26 Å². The molecule has 0 saturated heterocycles. The topological polar surface area (TPSA) is 12.9 Å². The van der Waals surface area contributed by atoms with Gasteiger partial charge in [-0.15, -0.1) is 11.6 Å². The molecule has 0 fully saturated rings. The van der Waals surface area contributed by atoms with Gasteiger partial charge in [0.05, 0.1) is 11.6 Å². The largest absolute Gasteiger partial charge is 0.269 e. The molecule has 0 aromatic carbocycles. The number of thiazole rings is 1. The standard InChI is InChI=1S/C5H5ClFNS/c1-3-4(2-6)9-5(7)8-3/h2H2,1H3. The average molecular weight is 166 g/mol. The number of aryl methyl sites for hydroxylation is 1. The first-order valence-corrected chi connectivity index (χ1v) is 3.77. The number of rotatable bonds is 1. The van der Waals surface area contributed by atoms with Crippen molar-refractivity contribution in [2.45, 2.75) is 12.8 Å². The van der Waals surface area contributed by atoms with Crippen molar-refractivity contribution in [3.05, 3.63) is 15.8 Å². The number of nitrogens with zero attached hydrogens (tertiary/aromatic N) is 1. The minimum absolute atomic E-state index is 0.355. The second-order valence-electron chi connectivity index (χ2n) is 1.61. The highest BCUT2D eigenvalue weighted by Crippen LogP contribution is 2.17. The molecule has 4 heteroatoms. The van der Waals surface area contributed by atoms with Gasteiger partial charge in [0, 0.05) is 4.88 Å². The minimum Gasteiger partial charge on any atom is -0.215 e. The highest BCUT2D eigenvalue weighted by molar-refractivity contribution is 7.10. The van der Waals surface area contributed by atoms with E-state index in [-0.39, 0.29) is 0 Å². The van der Waals surface area contributed by atoms with Crippen LogP contribution in [-0.4, -0.2) is 4.98 Å². The van der Waals surface area contributed by atoms with E-state index in [2.05, 4.69) is 4.98 Å². The molecule has 1 heterocycles. The second-order valence-corrected chi connectivity index (χ2v) is 2.91. The molecule has 1 nitrogen and oxygen atoms in total. The molecule has 9 heavy (non-hydrogen) atoms. The van der Waals surface area contributed by atoms with Gasteiger partial charge in [0.1, 0.15) is 0 Å². The molecule has 0 saturated carbocycles. The Kier molecular flexibility index (Phi) is 2.03. The fraction of sp³-hybridized carbons (Fsp3) is 0.400. The van der Waals surface area contributed by atoms with Crippen molar-refractivity contribution in [1.29, 1.82) is 0 Å². The smallest absolute Gasteiger partial charge is 0.215 e. The Morgan fingerprint density at radius 1 is 1.78 bits per heavy atom. The second kappa shape index (κ2) is 2.62. The summed E-state index contributed by atoms with van der Waals surface area (Å²) in [5, 5.41) is -0.400. The molecular weight excluding hydrogens is 161 g/mol. The van der Waals surface area contributed by atoms with Crippen LogP contribution in [0.15, 0.2) is 0 Å². The summed E-state index contributed by atoms with van der Waals surface area (Å²) in [4.78, 5) is 4.36. The Labute approximate surface area is 61.5 Å². The summed E-state index contributed by atoms with van der Waals surface area (Å²) in [6.45, 7) is 1.75. The molecule has 0 bridgehead atoms. The van der Waals surface area contributed by atoms with Crippen LogP contribution in [0.2, 0.25) is 0 Å². The highest BCUT2D eigenvalue weighted by Gasteiger charge is 2.03. The molecule has 50 valence electrons. The molecule has 0 unspecified atom stereocenters. The van der Waals surface area contributed by atoms with Crippen molar-refractivity contribution < 1.29 is 4.39 Å². The Hall–Kier alpha value is -0.150. The lowest BCUT2D eigenvalue weighted by Gasteiger charge is -1.83. The first-order chi connectivity index (χ1) is 4.24. The van der Waals surface area contributed by atoms with Crippen LogP contribution in [0.1, 0.15) is 10.6 Å². The van der Waals surface area contributed by atoms with Gasteiger partial charge in [-0.2, -0.15) is 4.39 Å². The van der Waals surface area contributed by atoms with Crippen LogP contribution in [0.4, 0.5) is 4.39 Å². The van der Waals surface area contributed by atoms with E-state index in [1.165, 1.54) is 0 Å². The van der Waals surface area contributed by atoms with Crippen LogP contribution < -0.4 is 0 Å². The summed E-state index contributed by atoms with van der Waals surface area (Å²) in [6.07, 6.45) is 0. The normalized spacial score (nSPS) is 10.1. The maximum Gasteiger partial charge on any atom is 0.269 e. The van der Waals surface area contributed by atoms with Crippen molar-refractivity contribution in [2.75, 3.05) is 0 Å². The van der Waals surface area contributed by atoms with E-state index < -0.39 is 5.26 Å². The van der Waals surface area contributed by atoms with Crippen LogP contribution in [0.5, 0.6) is 0 Å². The third-order valence-electron chi connectivity index (χ3n) is 0.988. The molecule has 1 aromatic heterocycles.